The molecule has 0 bridgehead atoms. The Hall–Kier alpha value is -2.90. The Labute approximate surface area is 187 Å². The molecule has 1 aromatic heterocycles. The van der Waals surface area contributed by atoms with Crippen molar-refractivity contribution in [2.24, 2.45) is 7.05 Å². The summed E-state index contributed by atoms with van der Waals surface area (Å²) in [4.78, 5) is 0. The van der Waals surface area contributed by atoms with E-state index in [-0.39, 0.29) is 0 Å². The van der Waals surface area contributed by atoms with Crippen LogP contribution < -0.4 is 10.1 Å². The van der Waals surface area contributed by atoms with Crippen LogP contribution in [0.3, 0.4) is 0 Å². The molecular formula is C24H27N5OS. The maximum Gasteiger partial charge on any atom is 0.209 e. The minimum atomic E-state index is 0.565. The molecule has 4 rings (SSSR count). The fraction of sp³-hybridized carbons (Fsp3) is 0.292. The van der Waals surface area contributed by atoms with E-state index < -0.39 is 0 Å². The van der Waals surface area contributed by atoms with E-state index in [0.717, 1.165) is 36.2 Å². The second kappa shape index (κ2) is 10.4. The lowest BCUT2D eigenvalue weighted by Gasteiger charge is -2.15. The number of aryl methyl sites for hydroxylation is 2. The Morgan fingerprint density at radius 3 is 2.81 bits per heavy atom. The van der Waals surface area contributed by atoms with Crippen molar-refractivity contribution < 1.29 is 4.74 Å². The number of benzene rings is 3. The van der Waals surface area contributed by atoms with E-state index in [0.29, 0.717) is 6.61 Å². The van der Waals surface area contributed by atoms with Crippen molar-refractivity contribution in [1.82, 2.24) is 25.5 Å². The first-order valence-electron chi connectivity index (χ1n) is 10.5. The van der Waals surface area contributed by atoms with Gasteiger partial charge in [0.1, 0.15) is 12.4 Å². The lowest BCUT2D eigenvalue weighted by molar-refractivity contribution is 0.302. The van der Waals surface area contributed by atoms with Gasteiger partial charge in [-0.1, -0.05) is 71.9 Å². The lowest BCUT2D eigenvalue weighted by Crippen LogP contribution is -2.16. The van der Waals surface area contributed by atoms with Crippen LogP contribution in [0.1, 0.15) is 23.1 Å². The number of ether oxygens (including phenoxy) is 1. The summed E-state index contributed by atoms with van der Waals surface area (Å²) >= 11 is 1.67. The summed E-state index contributed by atoms with van der Waals surface area (Å²) in [7, 11) is 1.86. The molecule has 3 aromatic carbocycles. The zero-order valence-corrected chi connectivity index (χ0v) is 18.7. The smallest absolute Gasteiger partial charge is 0.209 e. The fourth-order valence-electron chi connectivity index (χ4n) is 3.51. The first kappa shape index (κ1) is 21.3. The zero-order valence-electron chi connectivity index (χ0n) is 17.9. The van der Waals surface area contributed by atoms with Crippen LogP contribution in [0.15, 0.2) is 65.8 Å². The molecule has 0 atom stereocenters. The SMILES string of the molecule is Cc1cccc(COc2ccc3ccccc3c2CNCCCSc2nnnn2C)c1. The number of rotatable bonds is 10. The normalized spacial score (nSPS) is 11.2. The molecule has 0 spiro atoms. The van der Waals surface area contributed by atoms with Crippen molar-refractivity contribution in [3.8, 4) is 5.75 Å². The van der Waals surface area contributed by atoms with Crippen molar-refractivity contribution in [3.05, 3.63) is 77.4 Å². The van der Waals surface area contributed by atoms with Crippen molar-refractivity contribution in [3.63, 3.8) is 0 Å². The van der Waals surface area contributed by atoms with Gasteiger partial charge in [-0.25, -0.2) is 4.68 Å². The largest absolute Gasteiger partial charge is 0.489 e. The van der Waals surface area contributed by atoms with E-state index in [1.807, 2.05) is 7.05 Å². The molecule has 0 amide bonds. The van der Waals surface area contributed by atoms with Gasteiger partial charge in [0.2, 0.25) is 5.16 Å². The summed E-state index contributed by atoms with van der Waals surface area (Å²) in [5, 5.41) is 18.4. The fourth-order valence-corrected chi connectivity index (χ4v) is 4.30. The summed E-state index contributed by atoms with van der Waals surface area (Å²) < 4.78 is 7.96. The summed E-state index contributed by atoms with van der Waals surface area (Å²) in [6, 6.07) is 21.2. The van der Waals surface area contributed by atoms with Gasteiger partial charge in [0.15, 0.2) is 0 Å². The minimum Gasteiger partial charge on any atom is -0.489 e. The molecule has 0 aliphatic rings. The molecule has 0 saturated carbocycles. The molecule has 31 heavy (non-hydrogen) atoms. The van der Waals surface area contributed by atoms with Gasteiger partial charge in [-0.2, -0.15) is 0 Å². The maximum absolute atomic E-state index is 6.26. The Morgan fingerprint density at radius 2 is 1.97 bits per heavy atom. The van der Waals surface area contributed by atoms with E-state index in [4.69, 9.17) is 4.74 Å². The molecule has 0 fully saturated rings. The van der Waals surface area contributed by atoms with Gasteiger partial charge in [0.05, 0.1) is 0 Å². The molecule has 0 aliphatic carbocycles. The third-order valence-corrected chi connectivity index (χ3v) is 6.18. The summed E-state index contributed by atoms with van der Waals surface area (Å²) in [5.74, 6) is 1.90. The molecule has 0 unspecified atom stereocenters. The van der Waals surface area contributed by atoms with E-state index in [9.17, 15) is 0 Å². The highest BCUT2D eigenvalue weighted by Crippen LogP contribution is 2.29. The van der Waals surface area contributed by atoms with Crippen LogP contribution in [-0.2, 0) is 20.2 Å². The summed E-state index contributed by atoms with van der Waals surface area (Å²) in [6.45, 7) is 4.35. The third-order valence-electron chi connectivity index (χ3n) is 5.09. The van der Waals surface area contributed by atoms with Gasteiger partial charge in [-0.05, 0) is 52.7 Å². The molecule has 1 heterocycles. The molecule has 0 saturated heterocycles. The topological polar surface area (TPSA) is 64.9 Å². The van der Waals surface area contributed by atoms with Crippen molar-refractivity contribution in [2.45, 2.75) is 31.7 Å². The Kier molecular flexibility index (Phi) is 7.17. The molecule has 6 nitrogen and oxygen atoms in total. The van der Waals surface area contributed by atoms with Gasteiger partial charge in [-0.15, -0.1) is 5.10 Å². The lowest BCUT2D eigenvalue weighted by atomic mass is 10.0. The minimum absolute atomic E-state index is 0.565. The van der Waals surface area contributed by atoms with Crippen molar-refractivity contribution in [1.29, 1.82) is 0 Å². The first-order chi connectivity index (χ1) is 15.2. The highest BCUT2D eigenvalue weighted by Gasteiger charge is 2.09. The molecule has 160 valence electrons. The molecule has 0 aliphatic heterocycles. The monoisotopic (exact) mass is 433 g/mol. The third kappa shape index (κ3) is 5.62. The molecular weight excluding hydrogens is 406 g/mol. The van der Waals surface area contributed by atoms with Gasteiger partial charge in [0.25, 0.3) is 0 Å². The van der Waals surface area contributed by atoms with Crippen LogP contribution >= 0.6 is 11.8 Å². The number of hydrogen-bond donors (Lipinski definition) is 1. The first-order valence-corrected chi connectivity index (χ1v) is 11.4. The highest BCUT2D eigenvalue weighted by atomic mass is 32.2. The van der Waals surface area contributed by atoms with Gasteiger partial charge >= 0.3 is 0 Å². The average Bonchev–Trinajstić information content (AvgIpc) is 3.19. The zero-order chi connectivity index (χ0) is 21.5. The summed E-state index contributed by atoms with van der Waals surface area (Å²) in [6.07, 6.45) is 1.03. The van der Waals surface area contributed by atoms with Crippen LogP contribution in [-0.4, -0.2) is 32.5 Å². The van der Waals surface area contributed by atoms with Gasteiger partial charge < -0.3 is 10.1 Å². The quantitative estimate of drug-likeness (QED) is 0.293. The van der Waals surface area contributed by atoms with Gasteiger partial charge in [-0.3, -0.25) is 0 Å². The second-order valence-corrected chi connectivity index (χ2v) is 8.57. The van der Waals surface area contributed by atoms with Crippen molar-refractivity contribution in [2.75, 3.05) is 12.3 Å². The number of fused-ring (bicyclic) bond motifs is 1. The average molecular weight is 434 g/mol. The summed E-state index contributed by atoms with van der Waals surface area (Å²) in [5.41, 5.74) is 3.63. The van der Waals surface area contributed by atoms with E-state index in [2.05, 4.69) is 88.4 Å². The number of nitrogens with one attached hydrogen (secondary N) is 1. The molecule has 0 radical (unpaired) electrons. The number of nitrogens with zero attached hydrogens (tertiary/aromatic N) is 4. The Balaban J connectivity index is 1.38. The predicted molar refractivity (Wildman–Crippen MR) is 125 cm³/mol. The van der Waals surface area contributed by atoms with Crippen LogP contribution in [0.25, 0.3) is 10.8 Å². The van der Waals surface area contributed by atoms with Crippen LogP contribution in [0.2, 0.25) is 0 Å². The van der Waals surface area contributed by atoms with E-state index in [1.54, 1.807) is 16.4 Å². The Bertz CT molecular complexity index is 1140. The maximum atomic E-state index is 6.26. The number of aromatic nitrogens is 4. The predicted octanol–water partition coefficient (Wildman–Crippen LogP) is 4.52. The van der Waals surface area contributed by atoms with Crippen LogP contribution in [0.5, 0.6) is 5.75 Å². The van der Waals surface area contributed by atoms with Crippen LogP contribution in [0, 0.1) is 6.92 Å². The van der Waals surface area contributed by atoms with Crippen LogP contribution in [0.4, 0.5) is 0 Å². The standard InChI is InChI=1S/C24H27N5OS/c1-18-7-5-8-19(15-18)17-30-23-12-11-20-9-3-4-10-21(20)22(23)16-25-13-6-14-31-24-26-27-28-29(24)2/h3-5,7-12,15,25H,6,13-14,16-17H2,1-2H3. The highest BCUT2D eigenvalue weighted by molar-refractivity contribution is 7.99. The van der Waals surface area contributed by atoms with E-state index in [1.165, 1.54) is 27.5 Å². The molecule has 7 heteroatoms. The second-order valence-electron chi connectivity index (χ2n) is 7.50. The molecule has 1 N–H and O–H groups in total. The number of thioether (sulfide) groups is 1. The van der Waals surface area contributed by atoms with Crippen molar-refractivity contribution >= 4 is 22.5 Å². The number of tetrazole rings is 1. The molecule has 4 aromatic rings. The van der Waals surface area contributed by atoms with E-state index >= 15 is 0 Å². The number of hydrogen-bond acceptors (Lipinski definition) is 6. The Morgan fingerprint density at radius 1 is 1.06 bits per heavy atom. The van der Waals surface area contributed by atoms with Gasteiger partial charge in [0, 0.05) is 24.9 Å².